The fraction of sp³-hybridized carbons (Fsp3) is 0.308. The van der Waals surface area contributed by atoms with E-state index in [0.717, 1.165) is 0 Å². The number of carbonyl (C=O) groups excluding carboxylic acids is 2. The van der Waals surface area contributed by atoms with E-state index in [-0.39, 0.29) is 24.7 Å². The Hall–Kier alpha value is -2.37. The number of Topliss-reactive ketones (excluding diaryl/α,β-unsaturated/α-hetero) is 1. The Labute approximate surface area is 109 Å². The van der Waals surface area contributed by atoms with E-state index in [0.29, 0.717) is 17.0 Å². The van der Waals surface area contributed by atoms with Gasteiger partial charge in [0.15, 0.2) is 12.4 Å². The van der Waals surface area contributed by atoms with Crippen LogP contribution in [0.2, 0.25) is 0 Å². The molecule has 0 radical (unpaired) electrons. The van der Waals surface area contributed by atoms with Crippen molar-refractivity contribution >= 4 is 23.3 Å². The largest absolute Gasteiger partial charge is 0.482 e. The van der Waals surface area contributed by atoms with Gasteiger partial charge in [0.2, 0.25) is 0 Å². The van der Waals surface area contributed by atoms with Crippen LogP contribution in [0.1, 0.15) is 23.7 Å². The zero-order chi connectivity index (χ0) is 14.0. The molecule has 0 saturated carbocycles. The van der Waals surface area contributed by atoms with Crippen LogP contribution in [0.4, 0.5) is 5.69 Å². The smallest absolute Gasteiger partial charge is 0.304 e. The highest BCUT2D eigenvalue weighted by Crippen LogP contribution is 2.29. The standard InChI is InChI=1S/C13H13NO5/c1-7(4-12(16)17)13(18)8-2-3-9-10(5-8)19-6-11(15)14-9/h2-3,5,7H,4,6H2,1H3,(H,14,15)(H,16,17). The van der Waals surface area contributed by atoms with Crippen LogP contribution in [0, 0.1) is 5.92 Å². The van der Waals surface area contributed by atoms with E-state index < -0.39 is 11.9 Å². The first-order chi connectivity index (χ1) is 8.97. The Balaban J connectivity index is 2.20. The van der Waals surface area contributed by atoms with Gasteiger partial charge in [-0.3, -0.25) is 14.4 Å². The summed E-state index contributed by atoms with van der Waals surface area (Å²) in [6.45, 7) is 1.48. The highest BCUT2D eigenvalue weighted by Gasteiger charge is 2.21. The molecule has 100 valence electrons. The quantitative estimate of drug-likeness (QED) is 0.799. The van der Waals surface area contributed by atoms with Gasteiger partial charge < -0.3 is 15.2 Å². The van der Waals surface area contributed by atoms with Crippen molar-refractivity contribution in [2.24, 2.45) is 5.92 Å². The zero-order valence-corrected chi connectivity index (χ0v) is 10.3. The van der Waals surface area contributed by atoms with Gasteiger partial charge in [0.1, 0.15) is 5.75 Å². The summed E-state index contributed by atoms with van der Waals surface area (Å²) in [4.78, 5) is 33.7. The van der Waals surface area contributed by atoms with Crippen molar-refractivity contribution in [2.75, 3.05) is 11.9 Å². The lowest BCUT2D eigenvalue weighted by atomic mass is 9.96. The van der Waals surface area contributed by atoms with E-state index in [9.17, 15) is 14.4 Å². The van der Waals surface area contributed by atoms with E-state index in [1.165, 1.54) is 6.07 Å². The van der Waals surface area contributed by atoms with Gasteiger partial charge in [0, 0.05) is 11.5 Å². The van der Waals surface area contributed by atoms with Crippen LogP contribution in [0.5, 0.6) is 5.75 Å². The number of ketones is 1. The Morgan fingerprint density at radius 2 is 2.21 bits per heavy atom. The Morgan fingerprint density at radius 1 is 1.47 bits per heavy atom. The predicted octanol–water partition coefficient (Wildman–Crippen LogP) is 1.31. The molecule has 6 heteroatoms. The maximum atomic E-state index is 12.0. The van der Waals surface area contributed by atoms with Gasteiger partial charge in [-0.1, -0.05) is 6.92 Å². The lowest BCUT2D eigenvalue weighted by Gasteiger charge is -2.18. The number of carboxylic acid groups (broad SMARTS) is 1. The Kier molecular flexibility index (Phi) is 3.50. The molecule has 0 aliphatic carbocycles. The average molecular weight is 263 g/mol. The van der Waals surface area contributed by atoms with Gasteiger partial charge in [-0.05, 0) is 18.2 Å². The molecular formula is C13H13NO5. The van der Waals surface area contributed by atoms with Gasteiger partial charge in [0.25, 0.3) is 5.91 Å². The molecule has 1 aromatic carbocycles. The van der Waals surface area contributed by atoms with Crippen LogP contribution >= 0.6 is 0 Å². The molecule has 1 amide bonds. The van der Waals surface area contributed by atoms with E-state index in [2.05, 4.69) is 5.32 Å². The Bertz CT molecular complexity index is 552. The molecule has 6 nitrogen and oxygen atoms in total. The lowest BCUT2D eigenvalue weighted by Crippen LogP contribution is -2.25. The molecule has 0 bridgehead atoms. The maximum absolute atomic E-state index is 12.0. The molecule has 0 spiro atoms. The van der Waals surface area contributed by atoms with Gasteiger partial charge >= 0.3 is 5.97 Å². The number of rotatable bonds is 4. The van der Waals surface area contributed by atoms with Crippen molar-refractivity contribution in [1.29, 1.82) is 0 Å². The summed E-state index contributed by atoms with van der Waals surface area (Å²) in [5.41, 5.74) is 0.891. The molecule has 1 unspecified atom stereocenters. The van der Waals surface area contributed by atoms with Crippen molar-refractivity contribution in [3.05, 3.63) is 23.8 Å². The monoisotopic (exact) mass is 263 g/mol. The molecule has 19 heavy (non-hydrogen) atoms. The molecule has 1 atom stereocenters. The van der Waals surface area contributed by atoms with E-state index in [4.69, 9.17) is 9.84 Å². The summed E-state index contributed by atoms with van der Waals surface area (Å²) in [7, 11) is 0. The number of amides is 1. The first kappa shape index (κ1) is 13.1. The SMILES string of the molecule is CC(CC(=O)O)C(=O)c1ccc2c(c1)OCC(=O)N2. The third kappa shape index (κ3) is 2.90. The first-order valence-electron chi connectivity index (χ1n) is 5.80. The molecule has 1 heterocycles. The molecule has 1 aliphatic heterocycles. The lowest BCUT2D eigenvalue weighted by molar-refractivity contribution is -0.137. The molecule has 0 saturated heterocycles. The average Bonchev–Trinajstić information content (AvgIpc) is 2.36. The second kappa shape index (κ2) is 5.09. The number of ether oxygens (including phenoxy) is 1. The molecule has 1 aliphatic rings. The summed E-state index contributed by atoms with van der Waals surface area (Å²) >= 11 is 0. The zero-order valence-electron chi connectivity index (χ0n) is 10.3. The van der Waals surface area contributed by atoms with E-state index in [1.54, 1.807) is 19.1 Å². The summed E-state index contributed by atoms with van der Waals surface area (Å²) in [5, 5.41) is 11.3. The van der Waals surface area contributed by atoms with Crippen molar-refractivity contribution in [3.63, 3.8) is 0 Å². The predicted molar refractivity (Wildman–Crippen MR) is 66.3 cm³/mol. The third-order valence-corrected chi connectivity index (χ3v) is 2.83. The minimum atomic E-state index is -1.01. The van der Waals surface area contributed by atoms with Crippen LogP contribution < -0.4 is 10.1 Å². The topological polar surface area (TPSA) is 92.7 Å². The number of nitrogens with one attached hydrogen (secondary N) is 1. The number of hydrogen-bond acceptors (Lipinski definition) is 4. The van der Waals surface area contributed by atoms with Crippen LogP contribution in [0.3, 0.4) is 0 Å². The summed E-state index contributed by atoms with van der Waals surface area (Å²) in [5.74, 6) is -1.69. The summed E-state index contributed by atoms with van der Waals surface area (Å²) < 4.78 is 5.21. The van der Waals surface area contributed by atoms with Crippen molar-refractivity contribution in [1.82, 2.24) is 0 Å². The van der Waals surface area contributed by atoms with Crippen LogP contribution in [-0.4, -0.2) is 29.4 Å². The highest BCUT2D eigenvalue weighted by molar-refractivity contribution is 6.01. The minimum Gasteiger partial charge on any atom is -0.482 e. The summed E-state index contributed by atoms with van der Waals surface area (Å²) in [6, 6.07) is 4.65. The fourth-order valence-corrected chi connectivity index (χ4v) is 1.87. The van der Waals surface area contributed by atoms with E-state index >= 15 is 0 Å². The van der Waals surface area contributed by atoms with Gasteiger partial charge in [-0.15, -0.1) is 0 Å². The number of benzene rings is 1. The van der Waals surface area contributed by atoms with Crippen molar-refractivity contribution in [3.8, 4) is 5.75 Å². The molecule has 1 aromatic rings. The molecular weight excluding hydrogens is 250 g/mol. The maximum Gasteiger partial charge on any atom is 0.304 e. The minimum absolute atomic E-state index is 0.0880. The second-order valence-corrected chi connectivity index (χ2v) is 4.41. The number of carbonyl (C=O) groups is 3. The van der Waals surface area contributed by atoms with Crippen LogP contribution in [-0.2, 0) is 9.59 Å². The van der Waals surface area contributed by atoms with Gasteiger partial charge in [-0.25, -0.2) is 0 Å². The highest BCUT2D eigenvalue weighted by atomic mass is 16.5. The first-order valence-corrected chi connectivity index (χ1v) is 5.80. The normalized spacial score (nSPS) is 14.9. The van der Waals surface area contributed by atoms with Gasteiger partial charge in [0.05, 0.1) is 12.1 Å². The number of anilines is 1. The molecule has 0 fully saturated rings. The molecule has 2 N–H and O–H groups in total. The van der Waals surface area contributed by atoms with Crippen LogP contribution in [0.25, 0.3) is 0 Å². The van der Waals surface area contributed by atoms with Gasteiger partial charge in [-0.2, -0.15) is 0 Å². The number of hydrogen-bond donors (Lipinski definition) is 2. The van der Waals surface area contributed by atoms with Crippen molar-refractivity contribution < 1.29 is 24.2 Å². The van der Waals surface area contributed by atoms with E-state index in [1.807, 2.05) is 0 Å². The number of carboxylic acids is 1. The Morgan fingerprint density at radius 3 is 2.89 bits per heavy atom. The van der Waals surface area contributed by atoms with Crippen LogP contribution in [0.15, 0.2) is 18.2 Å². The molecule has 0 aromatic heterocycles. The third-order valence-electron chi connectivity index (χ3n) is 2.83. The number of aliphatic carboxylic acids is 1. The summed E-state index contributed by atoms with van der Waals surface area (Å²) in [6.07, 6.45) is -0.215. The molecule has 2 rings (SSSR count). The second-order valence-electron chi connectivity index (χ2n) is 4.41. The number of fused-ring (bicyclic) bond motifs is 1. The van der Waals surface area contributed by atoms with Crippen molar-refractivity contribution in [2.45, 2.75) is 13.3 Å². The fourth-order valence-electron chi connectivity index (χ4n) is 1.87.